The van der Waals surface area contributed by atoms with E-state index >= 15 is 0 Å². The van der Waals surface area contributed by atoms with E-state index in [2.05, 4.69) is 15.9 Å². The molecule has 2 aromatic rings. The van der Waals surface area contributed by atoms with Crippen LogP contribution in [0.25, 0.3) is 6.08 Å². The van der Waals surface area contributed by atoms with E-state index < -0.39 is 5.97 Å². The van der Waals surface area contributed by atoms with E-state index in [4.69, 9.17) is 14.2 Å². The lowest BCUT2D eigenvalue weighted by Crippen LogP contribution is -2.00. The van der Waals surface area contributed by atoms with Crippen LogP contribution in [0, 0.1) is 0 Å². The maximum absolute atomic E-state index is 11.8. The second-order valence-electron chi connectivity index (χ2n) is 4.69. The van der Waals surface area contributed by atoms with Crippen molar-refractivity contribution in [1.29, 1.82) is 0 Å². The molecular weight excluding hydrogens is 360 g/mol. The van der Waals surface area contributed by atoms with E-state index in [9.17, 15) is 4.79 Å². The first kappa shape index (κ1) is 17.1. The van der Waals surface area contributed by atoms with Gasteiger partial charge in [-0.05, 0) is 41.5 Å². The maximum atomic E-state index is 11.8. The quantitative estimate of drug-likeness (QED) is 0.559. The SMILES string of the molecule is COc1ccc(/C=C/C(=O)OCc2cccc(Br)c2)cc1OC. The van der Waals surface area contributed by atoms with Gasteiger partial charge in [-0.3, -0.25) is 0 Å². The Kier molecular flexibility index (Phi) is 6.23. The van der Waals surface area contributed by atoms with E-state index in [0.29, 0.717) is 11.5 Å². The summed E-state index contributed by atoms with van der Waals surface area (Å²) in [5.41, 5.74) is 1.74. The van der Waals surface area contributed by atoms with Crippen LogP contribution in [0.2, 0.25) is 0 Å². The van der Waals surface area contributed by atoms with Gasteiger partial charge in [0, 0.05) is 10.5 Å². The summed E-state index contributed by atoms with van der Waals surface area (Å²) in [6.45, 7) is 0.231. The smallest absolute Gasteiger partial charge is 0.331 e. The van der Waals surface area contributed by atoms with Crippen molar-refractivity contribution in [1.82, 2.24) is 0 Å². The van der Waals surface area contributed by atoms with Gasteiger partial charge in [0.1, 0.15) is 6.61 Å². The van der Waals surface area contributed by atoms with Crippen LogP contribution < -0.4 is 9.47 Å². The Labute approximate surface area is 143 Å². The normalized spacial score (nSPS) is 10.6. The molecule has 0 amide bonds. The van der Waals surface area contributed by atoms with Crippen LogP contribution in [0.5, 0.6) is 11.5 Å². The largest absolute Gasteiger partial charge is 0.493 e. The average molecular weight is 377 g/mol. The summed E-state index contributed by atoms with van der Waals surface area (Å²) in [6, 6.07) is 13.0. The molecule has 0 aliphatic rings. The Hall–Kier alpha value is -2.27. The topological polar surface area (TPSA) is 44.8 Å². The van der Waals surface area contributed by atoms with Crippen molar-refractivity contribution in [2.45, 2.75) is 6.61 Å². The predicted molar refractivity (Wildman–Crippen MR) is 92.5 cm³/mol. The molecule has 2 rings (SSSR count). The van der Waals surface area contributed by atoms with Crippen LogP contribution in [0.1, 0.15) is 11.1 Å². The first-order chi connectivity index (χ1) is 11.1. The van der Waals surface area contributed by atoms with Gasteiger partial charge in [0.15, 0.2) is 11.5 Å². The summed E-state index contributed by atoms with van der Waals surface area (Å²) < 4.78 is 16.5. The average Bonchev–Trinajstić information content (AvgIpc) is 2.57. The first-order valence-electron chi connectivity index (χ1n) is 6.93. The van der Waals surface area contributed by atoms with Crippen molar-refractivity contribution in [2.24, 2.45) is 0 Å². The molecule has 0 fully saturated rings. The van der Waals surface area contributed by atoms with Gasteiger partial charge in [-0.15, -0.1) is 0 Å². The third-order valence-electron chi connectivity index (χ3n) is 3.09. The van der Waals surface area contributed by atoms with Crippen LogP contribution in [-0.2, 0) is 16.1 Å². The zero-order chi connectivity index (χ0) is 16.7. The number of benzene rings is 2. The Morgan fingerprint density at radius 1 is 1.09 bits per heavy atom. The summed E-state index contributed by atoms with van der Waals surface area (Å²) in [4.78, 5) is 11.8. The molecule has 2 aromatic carbocycles. The number of methoxy groups -OCH3 is 2. The van der Waals surface area contributed by atoms with Gasteiger partial charge < -0.3 is 14.2 Å². The number of hydrogen-bond acceptors (Lipinski definition) is 4. The van der Waals surface area contributed by atoms with Crippen molar-refractivity contribution < 1.29 is 19.0 Å². The highest BCUT2D eigenvalue weighted by atomic mass is 79.9. The standard InChI is InChI=1S/C18H17BrO4/c1-21-16-8-6-13(11-17(16)22-2)7-9-18(20)23-12-14-4-3-5-15(19)10-14/h3-11H,12H2,1-2H3/b9-7+. The van der Waals surface area contributed by atoms with Crippen LogP contribution in [0.4, 0.5) is 0 Å². The summed E-state index contributed by atoms with van der Waals surface area (Å²) in [7, 11) is 3.14. The molecule has 0 saturated heterocycles. The number of carbonyl (C=O) groups excluding carboxylic acids is 1. The molecule has 0 saturated carbocycles. The summed E-state index contributed by atoms with van der Waals surface area (Å²) in [5.74, 6) is 0.846. The van der Waals surface area contributed by atoms with Gasteiger partial charge >= 0.3 is 5.97 Å². The molecule has 0 heterocycles. The minimum absolute atomic E-state index is 0.231. The lowest BCUT2D eigenvalue weighted by Gasteiger charge is -2.07. The van der Waals surface area contributed by atoms with Crippen molar-refractivity contribution >= 4 is 28.0 Å². The van der Waals surface area contributed by atoms with Crippen molar-refractivity contribution in [3.8, 4) is 11.5 Å². The molecule has 0 spiro atoms. The fourth-order valence-corrected chi connectivity index (χ4v) is 2.40. The molecule has 0 aliphatic heterocycles. The van der Waals surface area contributed by atoms with Gasteiger partial charge in [0.25, 0.3) is 0 Å². The van der Waals surface area contributed by atoms with Crippen LogP contribution >= 0.6 is 15.9 Å². The lowest BCUT2D eigenvalue weighted by atomic mass is 10.2. The molecular formula is C18H17BrO4. The lowest BCUT2D eigenvalue weighted by molar-refractivity contribution is -0.138. The Bertz CT molecular complexity index is 710. The monoisotopic (exact) mass is 376 g/mol. The van der Waals surface area contributed by atoms with Gasteiger partial charge in [-0.1, -0.05) is 34.1 Å². The zero-order valence-electron chi connectivity index (χ0n) is 12.9. The highest BCUT2D eigenvalue weighted by Crippen LogP contribution is 2.27. The first-order valence-corrected chi connectivity index (χ1v) is 7.73. The number of halogens is 1. The van der Waals surface area contributed by atoms with Crippen LogP contribution in [0.15, 0.2) is 53.0 Å². The predicted octanol–water partition coefficient (Wildman–Crippen LogP) is 4.22. The molecule has 0 atom stereocenters. The number of hydrogen-bond donors (Lipinski definition) is 0. The van der Waals surface area contributed by atoms with Gasteiger partial charge in [0.2, 0.25) is 0 Å². The van der Waals surface area contributed by atoms with Gasteiger partial charge in [-0.2, -0.15) is 0 Å². The molecule has 4 nitrogen and oxygen atoms in total. The van der Waals surface area contributed by atoms with E-state index in [1.807, 2.05) is 30.3 Å². The van der Waals surface area contributed by atoms with Crippen LogP contribution in [0.3, 0.4) is 0 Å². The van der Waals surface area contributed by atoms with Gasteiger partial charge in [0.05, 0.1) is 14.2 Å². The molecule has 120 valence electrons. The van der Waals surface area contributed by atoms with E-state index in [1.54, 1.807) is 32.4 Å². The third-order valence-corrected chi connectivity index (χ3v) is 3.58. The zero-order valence-corrected chi connectivity index (χ0v) is 14.5. The maximum Gasteiger partial charge on any atom is 0.331 e. The molecule has 0 radical (unpaired) electrons. The molecule has 0 aromatic heterocycles. The van der Waals surface area contributed by atoms with Crippen molar-refractivity contribution in [3.05, 3.63) is 64.1 Å². The second-order valence-corrected chi connectivity index (χ2v) is 5.60. The Morgan fingerprint density at radius 2 is 1.87 bits per heavy atom. The second kappa shape index (κ2) is 8.39. The van der Waals surface area contributed by atoms with Crippen LogP contribution in [-0.4, -0.2) is 20.2 Å². The molecule has 0 bridgehead atoms. The minimum atomic E-state index is -0.403. The van der Waals surface area contributed by atoms with Crippen molar-refractivity contribution in [2.75, 3.05) is 14.2 Å². The van der Waals surface area contributed by atoms with E-state index in [-0.39, 0.29) is 6.61 Å². The molecule has 5 heteroatoms. The number of rotatable bonds is 6. The Morgan fingerprint density at radius 3 is 2.57 bits per heavy atom. The highest BCUT2D eigenvalue weighted by Gasteiger charge is 2.04. The summed E-state index contributed by atoms with van der Waals surface area (Å²) >= 11 is 3.38. The molecule has 0 aliphatic carbocycles. The number of ether oxygens (including phenoxy) is 3. The molecule has 23 heavy (non-hydrogen) atoms. The fourth-order valence-electron chi connectivity index (χ4n) is 1.95. The Balaban J connectivity index is 1.95. The van der Waals surface area contributed by atoms with E-state index in [0.717, 1.165) is 15.6 Å². The molecule has 0 N–H and O–H groups in total. The highest BCUT2D eigenvalue weighted by molar-refractivity contribution is 9.10. The number of carbonyl (C=O) groups is 1. The fraction of sp³-hybridized carbons (Fsp3) is 0.167. The summed E-state index contributed by atoms with van der Waals surface area (Å²) in [6.07, 6.45) is 3.06. The molecule has 0 unspecified atom stereocenters. The summed E-state index contributed by atoms with van der Waals surface area (Å²) in [5, 5.41) is 0. The third kappa shape index (κ3) is 5.14. The number of esters is 1. The van der Waals surface area contributed by atoms with Crippen molar-refractivity contribution in [3.63, 3.8) is 0 Å². The minimum Gasteiger partial charge on any atom is -0.493 e. The van der Waals surface area contributed by atoms with Gasteiger partial charge in [-0.25, -0.2) is 4.79 Å². The van der Waals surface area contributed by atoms with E-state index in [1.165, 1.54) is 6.08 Å².